The summed E-state index contributed by atoms with van der Waals surface area (Å²) in [6.07, 6.45) is 0. The maximum atomic E-state index is 11.4. The summed E-state index contributed by atoms with van der Waals surface area (Å²) in [5.74, 6) is -0.234. The van der Waals surface area contributed by atoms with Gasteiger partial charge < -0.3 is 10.1 Å². The Morgan fingerprint density at radius 2 is 2.21 bits per heavy atom. The largest absolute Gasteiger partial charge is 0.462 e. The number of rotatable bonds is 2. The molecule has 0 bridgehead atoms. The Morgan fingerprint density at radius 3 is 3.00 bits per heavy atom. The fraction of sp³-hybridized carbons (Fsp3) is 0.364. The first kappa shape index (κ1) is 9.21. The molecule has 1 N–H and O–H groups in total. The minimum Gasteiger partial charge on any atom is -0.462 e. The van der Waals surface area contributed by atoms with Crippen molar-refractivity contribution in [1.29, 1.82) is 0 Å². The van der Waals surface area contributed by atoms with Crippen LogP contribution in [0.15, 0.2) is 18.2 Å². The predicted octanol–water partition coefficient (Wildman–Crippen LogP) is 1.47. The number of carbonyl (C=O) groups is 1. The third kappa shape index (κ3) is 1.63. The van der Waals surface area contributed by atoms with Crippen molar-refractivity contribution in [2.75, 3.05) is 6.61 Å². The zero-order valence-corrected chi connectivity index (χ0v) is 8.17. The summed E-state index contributed by atoms with van der Waals surface area (Å²) in [6.45, 7) is 3.99. The van der Waals surface area contributed by atoms with Crippen LogP contribution in [0.25, 0.3) is 0 Å². The molecule has 1 aliphatic heterocycles. The first-order valence-electron chi connectivity index (χ1n) is 4.81. The maximum absolute atomic E-state index is 11.4. The standard InChI is InChI=1S/C11H13NO2/c1-2-14-11(13)8-3-4-9-6-12-7-10(9)5-8/h3-5,12H,2,6-7H2,1H3. The van der Waals surface area contributed by atoms with Gasteiger partial charge in [0.2, 0.25) is 0 Å². The summed E-state index contributed by atoms with van der Waals surface area (Å²) in [5.41, 5.74) is 3.13. The second-order valence-corrected chi connectivity index (χ2v) is 3.31. The average Bonchev–Trinajstić information content (AvgIpc) is 2.64. The molecule has 1 aliphatic rings. The zero-order chi connectivity index (χ0) is 9.97. The van der Waals surface area contributed by atoms with Crippen molar-refractivity contribution in [2.45, 2.75) is 20.0 Å². The number of benzene rings is 1. The molecule has 0 saturated heterocycles. The van der Waals surface area contributed by atoms with E-state index in [4.69, 9.17) is 4.74 Å². The second kappa shape index (κ2) is 3.80. The first-order chi connectivity index (χ1) is 6.81. The van der Waals surface area contributed by atoms with Crippen molar-refractivity contribution >= 4 is 5.97 Å². The SMILES string of the molecule is CCOC(=O)c1ccc2c(c1)CNC2. The number of carbonyl (C=O) groups excluding carboxylic acids is 1. The first-order valence-corrected chi connectivity index (χ1v) is 4.81. The Balaban J connectivity index is 2.24. The van der Waals surface area contributed by atoms with E-state index in [2.05, 4.69) is 5.32 Å². The molecular weight excluding hydrogens is 178 g/mol. The number of nitrogens with one attached hydrogen (secondary N) is 1. The van der Waals surface area contributed by atoms with E-state index in [1.807, 2.05) is 25.1 Å². The Kier molecular flexibility index (Phi) is 2.50. The summed E-state index contributed by atoms with van der Waals surface area (Å²) in [4.78, 5) is 11.4. The minimum atomic E-state index is -0.234. The van der Waals surface area contributed by atoms with Crippen molar-refractivity contribution < 1.29 is 9.53 Å². The van der Waals surface area contributed by atoms with Crippen LogP contribution in [-0.2, 0) is 17.8 Å². The highest BCUT2D eigenvalue weighted by atomic mass is 16.5. The number of esters is 1. The maximum Gasteiger partial charge on any atom is 0.338 e. The Labute approximate surface area is 83.1 Å². The summed E-state index contributed by atoms with van der Waals surface area (Å²) >= 11 is 0. The van der Waals surface area contributed by atoms with Crippen LogP contribution in [0.2, 0.25) is 0 Å². The lowest BCUT2D eigenvalue weighted by Crippen LogP contribution is -2.05. The fourth-order valence-corrected chi connectivity index (χ4v) is 1.64. The number of hydrogen-bond donors (Lipinski definition) is 1. The average molecular weight is 191 g/mol. The van der Waals surface area contributed by atoms with E-state index >= 15 is 0 Å². The highest BCUT2D eigenvalue weighted by molar-refractivity contribution is 5.89. The molecule has 0 aromatic heterocycles. The zero-order valence-electron chi connectivity index (χ0n) is 8.17. The van der Waals surface area contributed by atoms with Crippen molar-refractivity contribution in [1.82, 2.24) is 5.32 Å². The number of ether oxygens (including phenoxy) is 1. The van der Waals surface area contributed by atoms with E-state index in [-0.39, 0.29) is 5.97 Å². The summed E-state index contributed by atoms with van der Waals surface area (Å²) < 4.78 is 4.93. The van der Waals surface area contributed by atoms with Gasteiger partial charge in [0.25, 0.3) is 0 Å². The van der Waals surface area contributed by atoms with Crippen molar-refractivity contribution in [3.05, 3.63) is 34.9 Å². The molecular formula is C11H13NO2. The number of fused-ring (bicyclic) bond motifs is 1. The molecule has 0 fully saturated rings. The number of hydrogen-bond acceptors (Lipinski definition) is 3. The Morgan fingerprint density at radius 1 is 1.43 bits per heavy atom. The molecule has 1 aromatic rings. The molecule has 3 heteroatoms. The van der Waals surface area contributed by atoms with E-state index in [0.717, 1.165) is 13.1 Å². The van der Waals surface area contributed by atoms with E-state index in [9.17, 15) is 4.79 Å². The van der Waals surface area contributed by atoms with Crippen LogP contribution >= 0.6 is 0 Å². The Bertz CT molecular complexity index is 360. The molecule has 0 saturated carbocycles. The van der Waals surface area contributed by atoms with E-state index in [1.54, 1.807) is 0 Å². The third-order valence-corrected chi connectivity index (χ3v) is 2.35. The normalized spacial score (nSPS) is 13.8. The van der Waals surface area contributed by atoms with Crippen LogP contribution in [0.3, 0.4) is 0 Å². The van der Waals surface area contributed by atoms with Crippen LogP contribution < -0.4 is 5.32 Å². The van der Waals surface area contributed by atoms with E-state index in [0.29, 0.717) is 12.2 Å². The predicted molar refractivity (Wildman–Crippen MR) is 52.9 cm³/mol. The molecule has 0 amide bonds. The molecule has 2 rings (SSSR count). The lowest BCUT2D eigenvalue weighted by atomic mass is 10.1. The lowest BCUT2D eigenvalue weighted by molar-refractivity contribution is 0.0526. The molecule has 0 radical (unpaired) electrons. The van der Waals surface area contributed by atoms with Gasteiger partial charge in [0.05, 0.1) is 12.2 Å². The summed E-state index contributed by atoms with van der Waals surface area (Å²) in [7, 11) is 0. The fourth-order valence-electron chi connectivity index (χ4n) is 1.64. The lowest BCUT2D eigenvalue weighted by Gasteiger charge is -2.03. The van der Waals surface area contributed by atoms with Gasteiger partial charge in [-0.05, 0) is 30.2 Å². The van der Waals surface area contributed by atoms with Crippen LogP contribution in [0, 0.1) is 0 Å². The molecule has 3 nitrogen and oxygen atoms in total. The van der Waals surface area contributed by atoms with Gasteiger partial charge in [-0.1, -0.05) is 6.07 Å². The van der Waals surface area contributed by atoms with Gasteiger partial charge in [-0.25, -0.2) is 4.79 Å². The highest BCUT2D eigenvalue weighted by Crippen LogP contribution is 2.17. The smallest absolute Gasteiger partial charge is 0.338 e. The molecule has 0 aliphatic carbocycles. The molecule has 14 heavy (non-hydrogen) atoms. The van der Waals surface area contributed by atoms with Gasteiger partial charge in [-0.2, -0.15) is 0 Å². The molecule has 0 atom stereocenters. The van der Waals surface area contributed by atoms with Crippen LogP contribution in [0.5, 0.6) is 0 Å². The highest BCUT2D eigenvalue weighted by Gasteiger charge is 2.13. The molecule has 0 spiro atoms. The van der Waals surface area contributed by atoms with E-state index in [1.165, 1.54) is 11.1 Å². The third-order valence-electron chi connectivity index (χ3n) is 2.35. The van der Waals surface area contributed by atoms with Crippen LogP contribution in [0.4, 0.5) is 0 Å². The summed E-state index contributed by atoms with van der Waals surface area (Å²) in [6, 6.07) is 5.72. The van der Waals surface area contributed by atoms with Crippen molar-refractivity contribution in [2.24, 2.45) is 0 Å². The quantitative estimate of drug-likeness (QED) is 0.719. The molecule has 0 unspecified atom stereocenters. The van der Waals surface area contributed by atoms with Crippen molar-refractivity contribution in [3.8, 4) is 0 Å². The topological polar surface area (TPSA) is 38.3 Å². The van der Waals surface area contributed by atoms with Crippen molar-refractivity contribution in [3.63, 3.8) is 0 Å². The van der Waals surface area contributed by atoms with Crippen LogP contribution in [-0.4, -0.2) is 12.6 Å². The molecule has 74 valence electrons. The van der Waals surface area contributed by atoms with Crippen LogP contribution in [0.1, 0.15) is 28.4 Å². The van der Waals surface area contributed by atoms with Gasteiger partial charge in [0.15, 0.2) is 0 Å². The Hall–Kier alpha value is -1.35. The second-order valence-electron chi connectivity index (χ2n) is 3.31. The summed E-state index contributed by atoms with van der Waals surface area (Å²) in [5, 5.41) is 3.23. The molecule has 1 heterocycles. The van der Waals surface area contributed by atoms with Gasteiger partial charge in [0, 0.05) is 13.1 Å². The van der Waals surface area contributed by atoms with Gasteiger partial charge >= 0.3 is 5.97 Å². The van der Waals surface area contributed by atoms with Gasteiger partial charge in [-0.3, -0.25) is 0 Å². The molecule has 1 aromatic carbocycles. The van der Waals surface area contributed by atoms with Gasteiger partial charge in [0.1, 0.15) is 0 Å². The monoisotopic (exact) mass is 191 g/mol. The van der Waals surface area contributed by atoms with Gasteiger partial charge in [-0.15, -0.1) is 0 Å². The van der Waals surface area contributed by atoms with E-state index < -0.39 is 0 Å². The minimum absolute atomic E-state index is 0.234.